The predicted molar refractivity (Wildman–Crippen MR) is 132 cm³/mol. The van der Waals surface area contributed by atoms with Gasteiger partial charge in [-0.15, -0.1) is 0 Å². The van der Waals surface area contributed by atoms with Crippen LogP contribution in [0.4, 0.5) is 0 Å². The Balaban J connectivity index is 1.96. The number of allylic oxidation sites excluding steroid dienone is 6. The number of aliphatic hydroxyl groups excluding tert-OH is 1. The molecule has 2 aliphatic carbocycles. The summed E-state index contributed by atoms with van der Waals surface area (Å²) >= 11 is 0. The molecule has 6 heteroatoms. The number of aliphatic hydroxyl groups is 1. The molecule has 0 spiro atoms. The van der Waals surface area contributed by atoms with Crippen LogP contribution in [0.25, 0.3) is 0 Å². The average molecular weight is 473 g/mol. The van der Waals surface area contributed by atoms with Crippen molar-refractivity contribution in [2.24, 2.45) is 17.3 Å². The number of ketones is 1. The Kier molecular flexibility index (Phi) is 9.63. The molecule has 34 heavy (non-hydrogen) atoms. The van der Waals surface area contributed by atoms with E-state index in [9.17, 15) is 19.5 Å². The summed E-state index contributed by atoms with van der Waals surface area (Å²) in [7, 11) is 0. The molecule has 0 heterocycles. The van der Waals surface area contributed by atoms with E-state index in [1.54, 1.807) is 38.2 Å². The van der Waals surface area contributed by atoms with Crippen molar-refractivity contribution in [1.29, 1.82) is 0 Å². The lowest BCUT2D eigenvalue weighted by molar-refractivity contribution is -0.163. The minimum Gasteiger partial charge on any atom is -0.463 e. The van der Waals surface area contributed by atoms with Crippen molar-refractivity contribution in [3.05, 3.63) is 47.1 Å². The Labute approximate surface area is 203 Å². The van der Waals surface area contributed by atoms with Crippen molar-refractivity contribution >= 4 is 17.7 Å². The third-order valence-electron chi connectivity index (χ3n) is 7.29. The zero-order valence-corrected chi connectivity index (χ0v) is 21.6. The third kappa shape index (κ3) is 6.78. The summed E-state index contributed by atoms with van der Waals surface area (Å²) in [5, 5.41) is 10.4. The van der Waals surface area contributed by atoms with Crippen LogP contribution in [0.5, 0.6) is 0 Å². The molecule has 0 radical (unpaired) electrons. The summed E-state index contributed by atoms with van der Waals surface area (Å²) in [6.07, 6.45) is 9.79. The monoisotopic (exact) mass is 472 g/mol. The van der Waals surface area contributed by atoms with E-state index in [4.69, 9.17) is 9.47 Å². The van der Waals surface area contributed by atoms with Crippen LogP contribution >= 0.6 is 0 Å². The maximum absolute atomic E-state index is 12.8. The first-order valence-corrected chi connectivity index (χ1v) is 12.2. The minimum absolute atomic E-state index is 0.0564. The smallest absolute Gasteiger partial charge is 0.311 e. The van der Waals surface area contributed by atoms with Crippen LogP contribution in [-0.2, 0) is 23.9 Å². The van der Waals surface area contributed by atoms with Gasteiger partial charge in [-0.2, -0.15) is 0 Å². The highest BCUT2D eigenvalue weighted by Gasteiger charge is 2.47. The van der Waals surface area contributed by atoms with E-state index < -0.39 is 18.0 Å². The highest BCUT2D eigenvalue weighted by Crippen LogP contribution is 2.52. The predicted octanol–water partition coefficient (Wildman–Crippen LogP) is 5.02. The molecule has 2 rings (SSSR count). The number of hydrogen-bond donors (Lipinski definition) is 1. The minimum atomic E-state index is -0.974. The molecule has 6 atom stereocenters. The average Bonchev–Trinajstić information content (AvgIpc) is 2.75. The standard InChI is InChI=1S/C28H40O6/c1-17(2)23-16-28(7)20(5)26(14-13-22(28)15-25(23)31)34-27(32)19(4)24(30)12-10-8-9-11-18(3)33-21(6)29/h8-10,12,15,18-20,24,26,30H,11,13-14,16H2,1-7H3. The van der Waals surface area contributed by atoms with E-state index in [1.807, 2.05) is 19.9 Å². The lowest BCUT2D eigenvalue weighted by atomic mass is 9.58. The van der Waals surface area contributed by atoms with Gasteiger partial charge in [-0.05, 0) is 64.0 Å². The van der Waals surface area contributed by atoms with Crippen LogP contribution in [0.2, 0.25) is 0 Å². The van der Waals surface area contributed by atoms with Gasteiger partial charge in [-0.3, -0.25) is 14.4 Å². The Morgan fingerprint density at radius 1 is 1.24 bits per heavy atom. The second-order valence-corrected chi connectivity index (χ2v) is 10.2. The molecule has 6 unspecified atom stereocenters. The number of carbonyl (C=O) groups excluding carboxylic acids is 3. The number of ether oxygens (including phenoxy) is 2. The Morgan fingerprint density at radius 2 is 1.91 bits per heavy atom. The van der Waals surface area contributed by atoms with Crippen LogP contribution in [0.15, 0.2) is 47.1 Å². The van der Waals surface area contributed by atoms with Crippen LogP contribution < -0.4 is 0 Å². The van der Waals surface area contributed by atoms with Crippen molar-refractivity contribution in [3.8, 4) is 0 Å². The van der Waals surface area contributed by atoms with Gasteiger partial charge in [0.25, 0.3) is 0 Å². The first-order chi connectivity index (χ1) is 15.9. The fourth-order valence-corrected chi connectivity index (χ4v) is 4.75. The van der Waals surface area contributed by atoms with E-state index in [-0.39, 0.29) is 35.3 Å². The molecule has 0 bridgehead atoms. The van der Waals surface area contributed by atoms with Gasteiger partial charge in [0.15, 0.2) is 5.78 Å². The number of esters is 2. The molecule has 188 valence electrons. The van der Waals surface area contributed by atoms with Crippen LogP contribution in [-0.4, -0.2) is 41.1 Å². The van der Waals surface area contributed by atoms with Gasteiger partial charge >= 0.3 is 11.9 Å². The van der Waals surface area contributed by atoms with E-state index in [2.05, 4.69) is 13.8 Å². The number of fused-ring (bicyclic) bond motifs is 1. The van der Waals surface area contributed by atoms with Crippen molar-refractivity contribution in [1.82, 2.24) is 0 Å². The molecule has 1 fully saturated rings. The van der Waals surface area contributed by atoms with E-state index >= 15 is 0 Å². The Bertz CT molecular complexity index is 904. The van der Waals surface area contributed by atoms with Gasteiger partial charge in [-0.25, -0.2) is 0 Å². The van der Waals surface area contributed by atoms with E-state index in [0.29, 0.717) is 19.3 Å². The van der Waals surface area contributed by atoms with Crippen molar-refractivity contribution in [2.75, 3.05) is 0 Å². The summed E-state index contributed by atoms with van der Waals surface area (Å²) in [4.78, 5) is 36.2. The molecule has 0 aliphatic heterocycles. The summed E-state index contributed by atoms with van der Waals surface area (Å²) in [6, 6.07) is 0. The molecule has 0 aromatic carbocycles. The lowest BCUT2D eigenvalue weighted by Crippen LogP contribution is -2.45. The molecule has 0 aromatic heterocycles. The molecule has 2 aliphatic rings. The molecule has 0 saturated heterocycles. The van der Waals surface area contributed by atoms with Gasteiger partial charge in [0.2, 0.25) is 0 Å². The van der Waals surface area contributed by atoms with Crippen molar-refractivity contribution in [2.45, 2.75) is 92.5 Å². The number of carbonyl (C=O) groups is 3. The van der Waals surface area contributed by atoms with E-state index in [1.165, 1.54) is 6.92 Å². The normalized spacial score (nSPS) is 27.7. The summed E-state index contributed by atoms with van der Waals surface area (Å²) in [5.74, 6) is -1.29. The van der Waals surface area contributed by atoms with Crippen LogP contribution in [0.1, 0.15) is 74.1 Å². The highest BCUT2D eigenvalue weighted by molar-refractivity contribution is 6.06. The molecule has 1 N–H and O–H groups in total. The fourth-order valence-electron chi connectivity index (χ4n) is 4.75. The molecule has 0 aromatic rings. The molecule has 6 nitrogen and oxygen atoms in total. The fraction of sp³-hybridized carbons (Fsp3) is 0.607. The first-order valence-electron chi connectivity index (χ1n) is 12.2. The van der Waals surface area contributed by atoms with Crippen molar-refractivity contribution < 1.29 is 29.0 Å². The molecular weight excluding hydrogens is 432 g/mol. The SMILES string of the molecule is CC(=O)OC(C)CC=CC=CC(O)C(C)C(=O)OC1CCC2=CC(=O)C(=C(C)C)CC2(C)C1C. The van der Waals surface area contributed by atoms with Gasteiger partial charge in [0, 0.05) is 19.3 Å². The number of rotatable bonds is 8. The van der Waals surface area contributed by atoms with Gasteiger partial charge in [0.05, 0.1) is 12.0 Å². The Morgan fingerprint density at radius 3 is 2.53 bits per heavy atom. The highest BCUT2D eigenvalue weighted by atomic mass is 16.5. The largest absolute Gasteiger partial charge is 0.463 e. The maximum Gasteiger partial charge on any atom is 0.311 e. The first kappa shape index (κ1) is 27.8. The third-order valence-corrected chi connectivity index (χ3v) is 7.29. The van der Waals surface area contributed by atoms with Gasteiger partial charge in [-0.1, -0.05) is 49.3 Å². The molecule has 1 saturated carbocycles. The quantitative estimate of drug-likeness (QED) is 0.303. The number of hydrogen-bond acceptors (Lipinski definition) is 6. The maximum atomic E-state index is 12.8. The van der Waals surface area contributed by atoms with E-state index in [0.717, 1.165) is 23.1 Å². The zero-order valence-electron chi connectivity index (χ0n) is 21.6. The molecule has 0 amide bonds. The van der Waals surface area contributed by atoms with Crippen LogP contribution in [0, 0.1) is 17.3 Å². The van der Waals surface area contributed by atoms with Crippen molar-refractivity contribution in [3.63, 3.8) is 0 Å². The van der Waals surface area contributed by atoms with Gasteiger partial charge < -0.3 is 14.6 Å². The van der Waals surface area contributed by atoms with Gasteiger partial charge in [0.1, 0.15) is 12.2 Å². The van der Waals surface area contributed by atoms with Crippen LogP contribution in [0.3, 0.4) is 0 Å². The zero-order chi connectivity index (χ0) is 25.6. The molecular formula is C28H40O6. The summed E-state index contributed by atoms with van der Waals surface area (Å²) in [6.45, 7) is 13.0. The second kappa shape index (κ2) is 11.8. The summed E-state index contributed by atoms with van der Waals surface area (Å²) < 4.78 is 10.9. The summed E-state index contributed by atoms with van der Waals surface area (Å²) in [5.41, 5.74) is 2.81. The lowest BCUT2D eigenvalue weighted by Gasteiger charge is -2.48. The topological polar surface area (TPSA) is 89.9 Å². The second-order valence-electron chi connectivity index (χ2n) is 10.2. The Hall–Kier alpha value is -2.47.